The Kier molecular flexibility index (Phi) is 6.43. The van der Waals surface area contributed by atoms with Crippen LogP contribution in [0.15, 0.2) is 30.3 Å². The molecule has 0 aromatic heterocycles. The van der Waals surface area contributed by atoms with E-state index in [0.29, 0.717) is 12.8 Å². The number of amides is 1. The molecule has 1 aromatic rings. The van der Waals surface area contributed by atoms with Crippen molar-refractivity contribution in [1.82, 2.24) is 5.32 Å². The Bertz CT molecular complexity index is 470. The van der Waals surface area contributed by atoms with E-state index < -0.39 is 23.7 Å². The van der Waals surface area contributed by atoms with Gasteiger partial charge in [0.05, 0.1) is 0 Å². The number of ketones is 1. The van der Waals surface area contributed by atoms with E-state index in [1.807, 2.05) is 37.3 Å². The Morgan fingerprint density at radius 2 is 1.80 bits per heavy atom. The quantitative estimate of drug-likeness (QED) is 0.706. The molecule has 0 saturated carbocycles. The number of nitrogens with one attached hydrogen (secondary N) is 1. The summed E-state index contributed by atoms with van der Waals surface area (Å²) < 4.78 is 0. The number of carboxylic acid groups (broad SMARTS) is 1. The third-order valence-corrected chi connectivity index (χ3v) is 2.85. The number of aliphatic carboxylic acids is 1. The first-order valence-corrected chi connectivity index (χ1v) is 6.63. The van der Waals surface area contributed by atoms with Crippen molar-refractivity contribution in [3.05, 3.63) is 35.9 Å². The van der Waals surface area contributed by atoms with E-state index in [2.05, 4.69) is 5.32 Å². The number of benzene rings is 1. The Labute approximate surface area is 118 Å². The topological polar surface area (TPSA) is 83.5 Å². The van der Waals surface area contributed by atoms with Gasteiger partial charge >= 0.3 is 5.97 Å². The van der Waals surface area contributed by atoms with Gasteiger partial charge in [0.25, 0.3) is 0 Å². The molecule has 0 spiro atoms. The SMILES string of the molecule is CCCC(=O)N[C@@H](C(=O)O)C(=O)CCc1ccccc1. The Morgan fingerprint density at radius 3 is 2.35 bits per heavy atom. The summed E-state index contributed by atoms with van der Waals surface area (Å²) >= 11 is 0. The smallest absolute Gasteiger partial charge is 0.334 e. The van der Waals surface area contributed by atoms with Crippen molar-refractivity contribution in [3.8, 4) is 0 Å². The second kappa shape index (κ2) is 8.09. The third-order valence-electron chi connectivity index (χ3n) is 2.85. The highest BCUT2D eigenvalue weighted by Crippen LogP contribution is 2.05. The molecule has 0 aliphatic heterocycles. The number of Topliss-reactive ketones (excluding diaryl/α,β-unsaturated/α-hetero) is 1. The van der Waals surface area contributed by atoms with Gasteiger partial charge in [-0.05, 0) is 18.4 Å². The molecule has 0 aliphatic carbocycles. The second-order valence-electron chi connectivity index (χ2n) is 4.54. The van der Waals surface area contributed by atoms with Gasteiger partial charge < -0.3 is 10.4 Å². The number of carboxylic acids is 1. The minimum absolute atomic E-state index is 0.0907. The van der Waals surface area contributed by atoms with Crippen molar-refractivity contribution >= 4 is 17.7 Å². The summed E-state index contributed by atoms with van der Waals surface area (Å²) in [6.45, 7) is 1.81. The average molecular weight is 277 g/mol. The standard InChI is InChI=1S/C15H19NO4/c1-2-6-13(18)16-14(15(19)20)12(17)10-9-11-7-4-3-5-8-11/h3-5,7-8,14H,2,6,9-10H2,1H3,(H,16,18)(H,19,20)/t14-/m1/s1. The Balaban J connectivity index is 2.56. The number of carbonyl (C=O) groups excluding carboxylic acids is 2. The zero-order chi connectivity index (χ0) is 15.0. The lowest BCUT2D eigenvalue weighted by atomic mass is 10.0. The van der Waals surface area contributed by atoms with Gasteiger partial charge in [0.2, 0.25) is 5.91 Å². The molecular weight excluding hydrogens is 258 g/mol. The van der Waals surface area contributed by atoms with Gasteiger partial charge in [-0.3, -0.25) is 9.59 Å². The molecular formula is C15H19NO4. The van der Waals surface area contributed by atoms with Crippen LogP contribution in [-0.2, 0) is 20.8 Å². The number of carbonyl (C=O) groups is 3. The van der Waals surface area contributed by atoms with Crippen molar-refractivity contribution in [2.45, 2.75) is 38.6 Å². The lowest BCUT2D eigenvalue weighted by Crippen LogP contribution is -2.46. The van der Waals surface area contributed by atoms with Gasteiger partial charge in [0.15, 0.2) is 11.8 Å². The molecule has 1 atom stereocenters. The summed E-state index contributed by atoms with van der Waals surface area (Å²) in [5.74, 6) is -2.20. The molecule has 5 nitrogen and oxygen atoms in total. The fraction of sp³-hybridized carbons (Fsp3) is 0.400. The fourth-order valence-corrected chi connectivity index (χ4v) is 1.80. The molecule has 0 heterocycles. The van der Waals surface area contributed by atoms with Gasteiger partial charge in [-0.25, -0.2) is 4.79 Å². The van der Waals surface area contributed by atoms with Gasteiger partial charge in [-0.1, -0.05) is 37.3 Å². The highest BCUT2D eigenvalue weighted by atomic mass is 16.4. The molecule has 1 amide bonds. The molecule has 5 heteroatoms. The van der Waals surface area contributed by atoms with Crippen LogP contribution in [0.3, 0.4) is 0 Å². The van der Waals surface area contributed by atoms with Crippen LogP contribution in [0.25, 0.3) is 0 Å². The molecule has 0 unspecified atom stereocenters. The van der Waals surface area contributed by atoms with Crippen molar-refractivity contribution in [1.29, 1.82) is 0 Å². The lowest BCUT2D eigenvalue weighted by molar-refractivity contribution is -0.145. The normalized spacial score (nSPS) is 11.7. The first-order valence-electron chi connectivity index (χ1n) is 6.63. The van der Waals surface area contributed by atoms with E-state index in [1.165, 1.54) is 0 Å². The average Bonchev–Trinajstić information content (AvgIpc) is 2.43. The van der Waals surface area contributed by atoms with Crippen molar-refractivity contribution in [2.24, 2.45) is 0 Å². The minimum atomic E-state index is -1.45. The predicted octanol–water partition coefficient (Wildman–Crippen LogP) is 1.56. The van der Waals surface area contributed by atoms with Crippen LogP contribution < -0.4 is 5.32 Å². The molecule has 20 heavy (non-hydrogen) atoms. The van der Waals surface area contributed by atoms with Crippen LogP contribution in [0.5, 0.6) is 0 Å². The first kappa shape index (κ1) is 15.9. The summed E-state index contributed by atoms with van der Waals surface area (Å²) in [5, 5.41) is 11.3. The maximum absolute atomic E-state index is 11.9. The van der Waals surface area contributed by atoms with Gasteiger partial charge in [-0.15, -0.1) is 0 Å². The van der Waals surface area contributed by atoms with Crippen molar-refractivity contribution in [3.63, 3.8) is 0 Å². The largest absolute Gasteiger partial charge is 0.479 e. The van der Waals surface area contributed by atoms with Crippen LogP contribution in [0.2, 0.25) is 0 Å². The molecule has 1 rings (SSSR count). The van der Waals surface area contributed by atoms with Crippen molar-refractivity contribution < 1.29 is 19.5 Å². The summed E-state index contributed by atoms with van der Waals surface area (Å²) in [4.78, 5) is 34.4. The monoisotopic (exact) mass is 277 g/mol. The van der Waals surface area contributed by atoms with Gasteiger partial charge in [-0.2, -0.15) is 0 Å². The van der Waals surface area contributed by atoms with Crippen LogP contribution in [0.1, 0.15) is 31.7 Å². The van der Waals surface area contributed by atoms with E-state index in [9.17, 15) is 14.4 Å². The highest BCUT2D eigenvalue weighted by Gasteiger charge is 2.26. The second-order valence-corrected chi connectivity index (χ2v) is 4.54. The first-order chi connectivity index (χ1) is 9.54. The van der Waals surface area contributed by atoms with Gasteiger partial charge in [0.1, 0.15) is 0 Å². The number of hydrogen-bond acceptors (Lipinski definition) is 3. The molecule has 2 N–H and O–H groups in total. The summed E-state index contributed by atoms with van der Waals surface area (Å²) in [6, 6.07) is 7.89. The maximum Gasteiger partial charge on any atom is 0.334 e. The van der Waals surface area contributed by atoms with E-state index in [4.69, 9.17) is 5.11 Å². The van der Waals surface area contributed by atoms with Crippen LogP contribution in [-0.4, -0.2) is 28.8 Å². The Morgan fingerprint density at radius 1 is 1.15 bits per heavy atom. The van der Waals surface area contributed by atoms with Crippen LogP contribution in [0.4, 0.5) is 0 Å². The zero-order valence-corrected chi connectivity index (χ0v) is 11.5. The van der Waals surface area contributed by atoms with Crippen LogP contribution >= 0.6 is 0 Å². The van der Waals surface area contributed by atoms with E-state index >= 15 is 0 Å². The lowest BCUT2D eigenvalue weighted by Gasteiger charge is -2.13. The highest BCUT2D eigenvalue weighted by molar-refractivity contribution is 6.05. The molecule has 0 bridgehead atoms. The van der Waals surface area contributed by atoms with E-state index in [1.54, 1.807) is 0 Å². The summed E-state index contributed by atoms with van der Waals surface area (Å²) in [7, 11) is 0. The summed E-state index contributed by atoms with van der Waals surface area (Å²) in [6.07, 6.45) is 1.38. The number of rotatable bonds is 8. The molecule has 0 aliphatic rings. The Hall–Kier alpha value is -2.17. The van der Waals surface area contributed by atoms with E-state index in [0.717, 1.165) is 5.56 Å². The molecule has 108 valence electrons. The minimum Gasteiger partial charge on any atom is -0.479 e. The molecule has 1 aromatic carbocycles. The third kappa shape index (κ3) is 5.22. The molecule has 0 saturated heterocycles. The van der Waals surface area contributed by atoms with Gasteiger partial charge in [0, 0.05) is 12.8 Å². The van der Waals surface area contributed by atoms with Crippen molar-refractivity contribution in [2.75, 3.05) is 0 Å². The molecule has 0 radical (unpaired) electrons. The number of aryl methyl sites for hydroxylation is 1. The summed E-state index contributed by atoms with van der Waals surface area (Å²) in [5.41, 5.74) is 0.963. The maximum atomic E-state index is 11.9. The van der Waals surface area contributed by atoms with E-state index in [-0.39, 0.29) is 12.8 Å². The predicted molar refractivity (Wildman–Crippen MR) is 74.2 cm³/mol. The zero-order valence-electron chi connectivity index (χ0n) is 11.5. The molecule has 0 fully saturated rings. The number of hydrogen-bond donors (Lipinski definition) is 2. The fourth-order valence-electron chi connectivity index (χ4n) is 1.80. The van der Waals surface area contributed by atoms with Crippen LogP contribution in [0, 0.1) is 0 Å².